The van der Waals surface area contributed by atoms with E-state index in [1.165, 1.54) is 25.3 Å². The van der Waals surface area contributed by atoms with Gasteiger partial charge in [-0.05, 0) is 24.3 Å². The molecule has 0 aliphatic heterocycles. The third-order valence-corrected chi connectivity index (χ3v) is 3.62. The zero-order valence-electron chi connectivity index (χ0n) is 12.5. The molecule has 0 heterocycles. The van der Waals surface area contributed by atoms with Crippen molar-refractivity contribution < 1.29 is 24.2 Å². The fourth-order valence-electron chi connectivity index (χ4n) is 1.81. The van der Waals surface area contributed by atoms with E-state index in [-0.39, 0.29) is 27.0 Å². The molecule has 2 aromatic carbocycles. The van der Waals surface area contributed by atoms with Crippen molar-refractivity contribution in [2.24, 2.45) is 0 Å². The van der Waals surface area contributed by atoms with Crippen LogP contribution >= 0.6 is 23.2 Å². The van der Waals surface area contributed by atoms with Crippen LogP contribution in [0.4, 0.5) is 5.69 Å². The summed E-state index contributed by atoms with van der Waals surface area (Å²) in [5, 5.41) is 12.7. The van der Waals surface area contributed by atoms with Gasteiger partial charge in [0.2, 0.25) is 0 Å². The fraction of sp³-hybridized carbons (Fsp3) is 0.125. The molecule has 0 atom stereocenters. The molecule has 0 bridgehead atoms. The number of amides is 1. The molecule has 0 aliphatic carbocycles. The van der Waals surface area contributed by atoms with Gasteiger partial charge in [0, 0.05) is 6.07 Å². The number of nitrogens with one attached hydrogen (secondary N) is 1. The van der Waals surface area contributed by atoms with Crippen LogP contribution in [0.15, 0.2) is 36.4 Å². The second kappa shape index (κ2) is 7.90. The molecule has 6 nitrogen and oxygen atoms in total. The lowest BCUT2D eigenvalue weighted by Crippen LogP contribution is -2.21. The third-order valence-electron chi connectivity index (χ3n) is 2.99. The number of carbonyl (C=O) groups excluding carboxylic acids is 2. The van der Waals surface area contributed by atoms with E-state index in [2.05, 4.69) is 5.32 Å². The maximum atomic E-state index is 11.9. The van der Waals surface area contributed by atoms with Gasteiger partial charge in [-0.3, -0.25) is 4.79 Å². The lowest BCUT2D eigenvalue weighted by atomic mass is 10.2. The zero-order valence-corrected chi connectivity index (χ0v) is 14.0. The predicted octanol–water partition coefficient (Wildman–Crippen LogP) is 3.50. The number of esters is 1. The zero-order chi connectivity index (χ0) is 17.7. The summed E-state index contributed by atoms with van der Waals surface area (Å²) >= 11 is 11.9. The van der Waals surface area contributed by atoms with Crippen molar-refractivity contribution in [3.63, 3.8) is 0 Å². The number of halogens is 2. The van der Waals surface area contributed by atoms with Crippen molar-refractivity contribution in [3.05, 3.63) is 52.0 Å². The van der Waals surface area contributed by atoms with E-state index in [0.717, 1.165) is 0 Å². The van der Waals surface area contributed by atoms with Crippen LogP contribution in [-0.4, -0.2) is 30.7 Å². The monoisotopic (exact) mass is 369 g/mol. The average Bonchev–Trinajstić information content (AvgIpc) is 2.56. The van der Waals surface area contributed by atoms with Crippen molar-refractivity contribution in [1.29, 1.82) is 0 Å². The average molecular weight is 370 g/mol. The Kier molecular flexibility index (Phi) is 5.89. The van der Waals surface area contributed by atoms with Crippen molar-refractivity contribution in [3.8, 4) is 11.5 Å². The molecule has 2 N–H and O–H groups in total. The second-order valence-electron chi connectivity index (χ2n) is 4.60. The number of hydrogen-bond donors (Lipinski definition) is 2. The van der Waals surface area contributed by atoms with E-state index in [1.807, 2.05) is 0 Å². The molecule has 0 fully saturated rings. The fourth-order valence-corrected chi connectivity index (χ4v) is 2.30. The highest BCUT2D eigenvalue weighted by Gasteiger charge is 2.16. The molecule has 1 amide bonds. The number of anilines is 1. The molecule has 0 radical (unpaired) electrons. The molecule has 0 unspecified atom stereocenters. The molecule has 2 rings (SSSR count). The van der Waals surface area contributed by atoms with E-state index in [4.69, 9.17) is 32.7 Å². The standard InChI is InChI=1S/C16H13Cl2NO5/c1-23-9-5-6-10(13(20)7-9)16(22)24-8-14(21)19-15-11(17)3-2-4-12(15)18/h2-7,20H,8H2,1H3,(H,19,21). The van der Waals surface area contributed by atoms with Crippen LogP contribution in [0.1, 0.15) is 10.4 Å². The van der Waals surface area contributed by atoms with E-state index in [0.29, 0.717) is 5.75 Å². The minimum absolute atomic E-state index is 0.0839. The van der Waals surface area contributed by atoms with Crippen molar-refractivity contribution in [2.75, 3.05) is 19.0 Å². The van der Waals surface area contributed by atoms with Gasteiger partial charge < -0.3 is 19.9 Å². The minimum atomic E-state index is -0.851. The number of phenols is 1. The van der Waals surface area contributed by atoms with Gasteiger partial charge >= 0.3 is 5.97 Å². The maximum Gasteiger partial charge on any atom is 0.342 e. The van der Waals surface area contributed by atoms with E-state index in [9.17, 15) is 14.7 Å². The van der Waals surface area contributed by atoms with Crippen LogP contribution in [0, 0.1) is 0 Å². The SMILES string of the molecule is COc1ccc(C(=O)OCC(=O)Nc2c(Cl)cccc2Cl)c(O)c1. The van der Waals surface area contributed by atoms with Gasteiger partial charge in [0.05, 0.1) is 22.8 Å². The number of rotatable bonds is 5. The van der Waals surface area contributed by atoms with Crippen LogP contribution in [0.5, 0.6) is 11.5 Å². The molecular formula is C16H13Cl2NO5. The Bertz CT molecular complexity index is 759. The predicted molar refractivity (Wildman–Crippen MR) is 90.0 cm³/mol. The number of phenolic OH excluding ortho intramolecular Hbond substituents is 1. The first-order valence-corrected chi connectivity index (χ1v) is 7.46. The molecule has 0 saturated carbocycles. The van der Waals surface area contributed by atoms with Gasteiger partial charge in [0.25, 0.3) is 5.91 Å². The molecular weight excluding hydrogens is 357 g/mol. The number of carbonyl (C=O) groups is 2. The molecule has 126 valence electrons. The summed E-state index contributed by atoms with van der Waals surface area (Å²) in [6, 6.07) is 8.83. The number of ether oxygens (including phenoxy) is 2. The van der Waals surface area contributed by atoms with Crippen molar-refractivity contribution >= 4 is 40.8 Å². The minimum Gasteiger partial charge on any atom is -0.507 e. The first-order chi connectivity index (χ1) is 11.4. The van der Waals surface area contributed by atoms with Gasteiger partial charge in [0.15, 0.2) is 6.61 Å². The van der Waals surface area contributed by atoms with Gasteiger partial charge in [-0.1, -0.05) is 29.3 Å². The smallest absolute Gasteiger partial charge is 0.342 e. The van der Waals surface area contributed by atoms with Crippen LogP contribution < -0.4 is 10.1 Å². The normalized spacial score (nSPS) is 10.1. The molecule has 0 aromatic heterocycles. The van der Waals surface area contributed by atoms with Crippen LogP contribution in [-0.2, 0) is 9.53 Å². The summed E-state index contributed by atoms with van der Waals surface area (Å²) in [6.07, 6.45) is 0. The van der Waals surface area contributed by atoms with Gasteiger partial charge in [-0.15, -0.1) is 0 Å². The number of para-hydroxylation sites is 1. The molecule has 24 heavy (non-hydrogen) atoms. The van der Waals surface area contributed by atoms with Crippen LogP contribution in [0.2, 0.25) is 10.0 Å². The highest BCUT2D eigenvalue weighted by molar-refractivity contribution is 6.39. The highest BCUT2D eigenvalue weighted by atomic mass is 35.5. The lowest BCUT2D eigenvalue weighted by molar-refractivity contribution is -0.119. The largest absolute Gasteiger partial charge is 0.507 e. The summed E-state index contributed by atoms with van der Waals surface area (Å²) in [5.41, 5.74) is 0.147. The van der Waals surface area contributed by atoms with Crippen molar-refractivity contribution in [1.82, 2.24) is 0 Å². The van der Waals surface area contributed by atoms with E-state index >= 15 is 0 Å². The van der Waals surface area contributed by atoms with Crippen LogP contribution in [0.3, 0.4) is 0 Å². The first-order valence-electron chi connectivity index (χ1n) is 6.70. The number of benzene rings is 2. The van der Waals surface area contributed by atoms with Gasteiger partial charge in [0.1, 0.15) is 17.1 Å². The lowest BCUT2D eigenvalue weighted by Gasteiger charge is -2.10. The molecule has 0 saturated heterocycles. The molecule has 8 heteroatoms. The maximum absolute atomic E-state index is 11.9. The summed E-state index contributed by atoms with van der Waals surface area (Å²) < 4.78 is 9.77. The Balaban J connectivity index is 1.98. The van der Waals surface area contributed by atoms with E-state index in [1.54, 1.807) is 18.2 Å². The number of aromatic hydroxyl groups is 1. The summed E-state index contributed by atoms with van der Waals surface area (Å²) in [4.78, 5) is 23.8. The van der Waals surface area contributed by atoms with E-state index < -0.39 is 18.5 Å². The second-order valence-corrected chi connectivity index (χ2v) is 5.42. The molecule has 2 aromatic rings. The van der Waals surface area contributed by atoms with Gasteiger partial charge in [-0.2, -0.15) is 0 Å². The molecule has 0 aliphatic rings. The molecule has 0 spiro atoms. The Morgan fingerprint density at radius 1 is 1.17 bits per heavy atom. The van der Waals surface area contributed by atoms with Crippen molar-refractivity contribution in [2.45, 2.75) is 0 Å². The Labute approximate surface area is 147 Å². The topological polar surface area (TPSA) is 84.9 Å². The van der Waals surface area contributed by atoms with Gasteiger partial charge in [-0.25, -0.2) is 4.79 Å². The number of methoxy groups -OCH3 is 1. The highest BCUT2D eigenvalue weighted by Crippen LogP contribution is 2.29. The quantitative estimate of drug-likeness (QED) is 0.787. The van der Waals surface area contributed by atoms with Crippen LogP contribution in [0.25, 0.3) is 0 Å². The third kappa shape index (κ3) is 4.31. The Morgan fingerprint density at radius 3 is 2.42 bits per heavy atom. The first kappa shape index (κ1) is 17.9. The Morgan fingerprint density at radius 2 is 1.83 bits per heavy atom. The summed E-state index contributed by atoms with van der Waals surface area (Å²) in [5.74, 6) is -1.40. The Hall–Kier alpha value is -2.44. The number of hydrogen-bond acceptors (Lipinski definition) is 5. The summed E-state index contributed by atoms with van der Waals surface area (Å²) in [6.45, 7) is -0.564. The summed E-state index contributed by atoms with van der Waals surface area (Å²) in [7, 11) is 1.43.